The molecule has 0 bridgehead atoms. The fraction of sp³-hybridized carbons (Fsp3) is 0.667. The Hall–Kier alpha value is -1.99. The van der Waals surface area contributed by atoms with Gasteiger partial charge in [-0.15, -0.1) is 0 Å². The van der Waals surface area contributed by atoms with Crippen molar-refractivity contribution in [2.24, 2.45) is 5.92 Å². The van der Waals surface area contributed by atoms with E-state index in [1.807, 2.05) is 23.1 Å². The minimum Gasteiger partial charge on any atom is -0.495 e. The highest BCUT2D eigenvalue weighted by Crippen LogP contribution is 2.28. The van der Waals surface area contributed by atoms with Gasteiger partial charge in [0.25, 0.3) is 0 Å². The summed E-state index contributed by atoms with van der Waals surface area (Å²) in [6, 6.07) is 8.44. The van der Waals surface area contributed by atoms with Gasteiger partial charge < -0.3 is 24.6 Å². The lowest BCUT2D eigenvalue weighted by Gasteiger charge is -2.39. The summed E-state index contributed by atoms with van der Waals surface area (Å²) in [5, 5.41) is 3.17. The molecule has 0 saturated carbocycles. The van der Waals surface area contributed by atoms with Crippen LogP contribution in [0, 0.1) is 5.92 Å². The van der Waals surface area contributed by atoms with E-state index in [9.17, 15) is 4.79 Å². The van der Waals surface area contributed by atoms with Gasteiger partial charge in [0.1, 0.15) is 5.75 Å². The first-order chi connectivity index (χ1) is 13.6. The largest absolute Gasteiger partial charge is 0.495 e. The van der Waals surface area contributed by atoms with Gasteiger partial charge in [-0.3, -0.25) is 4.90 Å². The maximum Gasteiger partial charge on any atom is 0.317 e. The Morgan fingerprint density at radius 3 is 2.43 bits per heavy atom. The van der Waals surface area contributed by atoms with Crippen molar-refractivity contribution in [1.82, 2.24) is 15.1 Å². The molecule has 2 aliphatic rings. The maximum atomic E-state index is 12.7. The first-order valence-electron chi connectivity index (χ1n) is 10.3. The first-order valence-corrected chi connectivity index (χ1v) is 10.3. The number of rotatable bonds is 6. The molecule has 1 aromatic rings. The quantitative estimate of drug-likeness (QED) is 0.804. The molecule has 28 heavy (non-hydrogen) atoms. The number of nitrogens with one attached hydrogen (secondary N) is 1. The number of para-hydroxylation sites is 2. The van der Waals surface area contributed by atoms with Gasteiger partial charge in [0, 0.05) is 51.9 Å². The molecule has 2 fully saturated rings. The van der Waals surface area contributed by atoms with Gasteiger partial charge >= 0.3 is 6.03 Å². The number of carbonyl (C=O) groups excluding carboxylic acids is 1. The van der Waals surface area contributed by atoms with Crippen LogP contribution in [0.3, 0.4) is 0 Å². The predicted octanol–water partition coefficient (Wildman–Crippen LogP) is 1.88. The van der Waals surface area contributed by atoms with E-state index in [1.54, 1.807) is 7.11 Å². The Morgan fingerprint density at radius 2 is 1.79 bits per heavy atom. The van der Waals surface area contributed by atoms with E-state index in [-0.39, 0.29) is 6.03 Å². The summed E-state index contributed by atoms with van der Waals surface area (Å²) in [5.74, 6) is 1.37. The lowest BCUT2D eigenvalue weighted by molar-refractivity contribution is 0.00693. The van der Waals surface area contributed by atoms with E-state index in [2.05, 4.69) is 35.0 Å². The second-order valence-electron chi connectivity index (χ2n) is 7.79. The monoisotopic (exact) mass is 390 g/mol. The van der Waals surface area contributed by atoms with Crippen LogP contribution in [0.2, 0.25) is 0 Å². The highest BCUT2D eigenvalue weighted by atomic mass is 16.5. The molecule has 0 radical (unpaired) electrons. The average molecular weight is 391 g/mol. The second kappa shape index (κ2) is 9.98. The third kappa shape index (κ3) is 5.08. The van der Waals surface area contributed by atoms with Crippen LogP contribution in [-0.4, -0.2) is 88.0 Å². The number of amides is 2. The Morgan fingerprint density at radius 1 is 1.11 bits per heavy atom. The van der Waals surface area contributed by atoms with Crippen molar-refractivity contribution in [2.45, 2.75) is 19.9 Å². The number of hydrogen-bond donors (Lipinski definition) is 1. The SMILES string of the molecule is COc1ccccc1N1CCN(C(=O)NC[C@@H](C(C)C)N2CCOCC2)CC1. The Bertz CT molecular complexity index is 626. The number of benzene rings is 1. The van der Waals surface area contributed by atoms with E-state index >= 15 is 0 Å². The number of nitrogens with zero attached hydrogens (tertiary/aromatic N) is 3. The molecule has 1 aromatic carbocycles. The molecule has 0 spiro atoms. The lowest BCUT2D eigenvalue weighted by Crippen LogP contribution is -2.55. The van der Waals surface area contributed by atoms with Crippen molar-refractivity contribution in [3.63, 3.8) is 0 Å². The molecular formula is C21H34N4O3. The van der Waals surface area contributed by atoms with Crippen LogP contribution < -0.4 is 15.0 Å². The summed E-state index contributed by atoms with van der Waals surface area (Å²) in [4.78, 5) is 19.3. The Labute approximate surface area is 168 Å². The van der Waals surface area contributed by atoms with Crippen molar-refractivity contribution >= 4 is 11.7 Å². The summed E-state index contributed by atoms with van der Waals surface area (Å²) in [6.07, 6.45) is 0. The number of morpholine rings is 1. The summed E-state index contributed by atoms with van der Waals surface area (Å²) in [7, 11) is 1.70. The van der Waals surface area contributed by atoms with E-state index in [0.29, 0.717) is 31.6 Å². The zero-order valence-electron chi connectivity index (χ0n) is 17.4. The fourth-order valence-electron chi connectivity index (χ4n) is 4.04. The topological polar surface area (TPSA) is 57.3 Å². The molecule has 0 aliphatic carbocycles. The second-order valence-corrected chi connectivity index (χ2v) is 7.79. The molecule has 2 aliphatic heterocycles. The number of hydrogen-bond acceptors (Lipinski definition) is 5. The Kier molecular flexibility index (Phi) is 7.39. The van der Waals surface area contributed by atoms with Gasteiger partial charge in [0.15, 0.2) is 0 Å². The molecule has 1 N–H and O–H groups in total. The zero-order valence-corrected chi connectivity index (χ0v) is 17.4. The highest BCUT2D eigenvalue weighted by Gasteiger charge is 2.26. The van der Waals surface area contributed by atoms with Gasteiger partial charge in [0.05, 0.1) is 26.0 Å². The van der Waals surface area contributed by atoms with Crippen LogP contribution >= 0.6 is 0 Å². The number of anilines is 1. The van der Waals surface area contributed by atoms with Crippen LogP contribution in [0.5, 0.6) is 5.75 Å². The molecule has 2 amide bonds. The van der Waals surface area contributed by atoms with E-state index in [0.717, 1.165) is 50.8 Å². The molecule has 156 valence electrons. The molecule has 7 nitrogen and oxygen atoms in total. The van der Waals surface area contributed by atoms with Crippen molar-refractivity contribution in [1.29, 1.82) is 0 Å². The van der Waals surface area contributed by atoms with Gasteiger partial charge in [-0.1, -0.05) is 26.0 Å². The smallest absolute Gasteiger partial charge is 0.317 e. The summed E-state index contributed by atoms with van der Waals surface area (Å²) >= 11 is 0. The van der Waals surface area contributed by atoms with E-state index in [1.165, 1.54) is 0 Å². The minimum absolute atomic E-state index is 0.0404. The van der Waals surface area contributed by atoms with Crippen LogP contribution in [-0.2, 0) is 4.74 Å². The van der Waals surface area contributed by atoms with Gasteiger partial charge in [-0.25, -0.2) is 4.79 Å². The van der Waals surface area contributed by atoms with Crippen molar-refractivity contribution < 1.29 is 14.3 Å². The molecule has 0 aromatic heterocycles. The number of piperazine rings is 1. The standard InChI is InChI=1S/C21H34N4O3/c1-17(2)19(24-12-14-28-15-13-24)16-22-21(26)25-10-8-23(9-11-25)18-6-4-5-7-20(18)27-3/h4-7,17,19H,8-16H2,1-3H3,(H,22,26)/t19-/m0/s1. The van der Waals surface area contributed by atoms with Gasteiger partial charge in [0.2, 0.25) is 0 Å². The molecular weight excluding hydrogens is 356 g/mol. The molecule has 0 unspecified atom stereocenters. The van der Waals surface area contributed by atoms with Crippen LogP contribution in [0.1, 0.15) is 13.8 Å². The number of urea groups is 1. The summed E-state index contributed by atoms with van der Waals surface area (Å²) in [5.41, 5.74) is 1.09. The summed E-state index contributed by atoms with van der Waals surface area (Å²) in [6.45, 7) is 11.6. The highest BCUT2D eigenvalue weighted by molar-refractivity contribution is 5.74. The van der Waals surface area contributed by atoms with Crippen LogP contribution in [0.25, 0.3) is 0 Å². The molecule has 2 saturated heterocycles. The summed E-state index contributed by atoms with van der Waals surface area (Å²) < 4.78 is 10.9. The van der Waals surface area contributed by atoms with Crippen LogP contribution in [0.15, 0.2) is 24.3 Å². The van der Waals surface area contributed by atoms with Gasteiger partial charge in [-0.05, 0) is 18.1 Å². The minimum atomic E-state index is 0.0404. The predicted molar refractivity (Wildman–Crippen MR) is 111 cm³/mol. The lowest BCUT2D eigenvalue weighted by atomic mass is 10.0. The Balaban J connectivity index is 1.49. The molecule has 3 rings (SSSR count). The zero-order chi connectivity index (χ0) is 19.9. The average Bonchev–Trinajstić information content (AvgIpc) is 2.74. The van der Waals surface area contributed by atoms with E-state index in [4.69, 9.17) is 9.47 Å². The first kappa shape index (κ1) is 20.7. The molecule has 2 heterocycles. The van der Waals surface area contributed by atoms with Crippen LogP contribution in [0.4, 0.5) is 10.5 Å². The van der Waals surface area contributed by atoms with Crippen molar-refractivity contribution in [2.75, 3.05) is 71.0 Å². The number of methoxy groups -OCH3 is 1. The maximum absolute atomic E-state index is 12.7. The van der Waals surface area contributed by atoms with Gasteiger partial charge in [-0.2, -0.15) is 0 Å². The normalized spacial score (nSPS) is 19.6. The fourth-order valence-corrected chi connectivity index (χ4v) is 4.04. The third-order valence-electron chi connectivity index (χ3n) is 5.74. The van der Waals surface area contributed by atoms with Crippen molar-refractivity contribution in [3.8, 4) is 5.75 Å². The van der Waals surface area contributed by atoms with E-state index < -0.39 is 0 Å². The third-order valence-corrected chi connectivity index (χ3v) is 5.74. The van der Waals surface area contributed by atoms with Crippen molar-refractivity contribution in [3.05, 3.63) is 24.3 Å². The number of carbonyl (C=O) groups is 1. The number of ether oxygens (including phenoxy) is 2. The molecule has 1 atom stereocenters. The molecule has 7 heteroatoms.